The predicted molar refractivity (Wildman–Crippen MR) is 119 cm³/mol. The van der Waals surface area contributed by atoms with Crippen LogP contribution in [0.15, 0.2) is 71.8 Å². The summed E-state index contributed by atoms with van der Waals surface area (Å²) in [5.41, 5.74) is 2.88. The Morgan fingerprint density at radius 3 is 2.67 bits per heavy atom. The van der Waals surface area contributed by atoms with Crippen molar-refractivity contribution in [1.29, 1.82) is 0 Å². The fraction of sp³-hybridized carbons (Fsp3) is 0.346. The summed E-state index contributed by atoms with van der Waals surface area (Å²) in [7, 11) is 0. The topological polar surface area (TPSA) is 34.1 Å². The van der Waals surface area contributed by atoms with Crippen LogP contribution in [-0.4, -0.2) is 28.7 Å². The van der Waals surface area contributed by atoms with Gasteiger partial charge in [0.25, 0.3) is 0 Å². The van der Waals surface area contributed by atoms with Crippen LogP contribution in [0.5, 0.6) is 5.75 Å². The molecule has 3 aliphatic rings. The zero-order valence-electron chi connectivity index (χ0n) is 17.5. The van der Waals surface area contributed by atoms with Gasteiger partial charge in [0.15, 0.2) is 0 Å². The summed E-state index contributed by atoms with van der Waals surface area (Å²) in [6.45, 7) is 4.98. The molecule has 1 saturated heterocycles. The minimum atomic E-state index is -0.465. The van der Waals surface area contributed by atoms with Crippen molar-refractivity contribution in [1.82, 2.24) is 5.01 Å². The van der Waals surface area contributed by atoms with Crippen molar-refractivity contribution >= 4 is 16.5 Å². The van der Waals surface area contributed by atoms with Gasteiger partial charge in [-0.3, -0.25) is 0 Å². The molecule has 30 heavy (non-hydrogen) atoms. The molecule has 3 aromatic rings. The third-order valence-corrected chi connectivity index (χ3v) is 6.69. The number of para-hydroxylation sites is 1. The van der Waals surface area contributed by atoms with Gasteiger partial charge >= 0.3 is 0 Å². The smallest absolute Gasteiger partial charge is 0.203 e. The average molecular weight is 399 g/mol. The van der Waals surface area contributed by atoms with Crippen LogP contribution < -0.4 is 4.74 Å². The van der Waals surface area contributed by atoms with E-state index in [0.717, 1.165) is 30.7 Å². The summed E-state index contributed by atoms with van der Waals surface area (Å²) >= 11 is 0. The van der Waals surface area contributed by atoms with E-state index in [0.29, 0.717) is 6.61 Å². The maximum atomic E-state index is 6.72. The van der Waals surface area contributed by atoms with Crippen molar-refractivity contribution in [3.8, 4) is 5.75 Å². The molecular formula is C26H26N2O2. The summed E-state index contributed by atoms with van der Waals surface area (Å²) in [5, 5.41) is 10.0. The molecule has 0 amide bonds. The number of hydrazone groups is 1. The first-order valence-electron chi connectivity index (χ1n) is 10.8. The first-order valence-corrected chi connectivity index (χ1v) is 10.8. The number of rotatable bonds is 1. The van der Waals surface area contributed by atoms with Gasteiger partial charge in [0.05, 0.1) is 24.0 Å². The highest BCUT2D eigenvalue weighted by Gasteiger charge is 2.54. The van der Waals surface area contributed by atoms with Gasteiger partial charge in [-0.25, -0.2) is 5.01 Å². The van der Waals surface area contributed by atoms with Gasteiger partial charge in [-0.05, 0) is 30.7 Å². The molecule has 0 N–H and O–H groups in total. The first-order chi connectivity index (χ1) is 14.5. The predicted octanol–water partition coefficient (Wildman–Crippen LogP) is 5.67. The Hall–Kier alpha value is -2.85. The number of hydrogen-bond donors (Lipinski definition) is 0. The van der Waals surface area contributed by atoms with Crippen LogP contribution in [0.4, 0.5) is 0 Å². The van der Waals surface area contributed by atoms with E-state index in [1.165, 1.54) is 21.9 Å². The van der Waals surface area contributed by atoms with E-state index in [1.54, 1.807) is 0 Å². The lowest BCUT2D eigenvalue weighted by molar-refractivity contribution is -0.212. The summed E-state index contributed by atoms with van der Waals surface area (Å²) in [4.78, 5) is 0. The van der Waals surface area contributed by atoms with Crippen LogP contribution in [0, 0.1) is 0 Å². The molecule has 3 aromatic carbocycles. The molecule has 4 heteroatoms. The quantitative estimate of drug-likeness (QED) is 0.530. The first kappa shape index (κ1) is 18.0. The highest BCUT2D eigenvalue weighted by Crippen LogP contribution is 2.51. The molecule has 4 nitrogen and oxygen atoms in total. The van der Waals surface area contributed by atoms with E-state index < -0.39 is 5.72 Å². The third-order valence-electron chi connectivity index (χ3n) is 6.69. The molecule has 1 fully saturated rings. The van der Waals surface area contributed by atoms with E-state index >= 15 is 0 Å². The Balaban J connectivity index is 1.50. The average Bonchev–Trinajstić information content (AvgIpc) is 3.19. The highest BCUT2D eigenvalue weighted by atomic mass is 16.5. The Morgan fingerprint density at radius 1 is 0.967 bits per heavy atom. The second-order valence-electron chi connectivity index (χ2n) is 9.26. The molecule has 0 bridgehead atoms. The lowest BCUT2D eigenvalue weighted by Gasteiger charge is -2.52. The number of benzene rings is 3. The fourth-order valence-corrected chi connectivity index (χ4v) is 5.44. The molecule has 0 radical (unpaired) electrons. The van der Waals surface area contributed by atoms with Crippen molar-refractivity contribution in [2.24, 2.45) is 5.10 Å². The van der Waals surface area contributed by atoms with E-state index in [1.807, 2.05) is 0 Å². The van der Waals surface area contributed by atoms with Gasteiger partial charge in [-0.15, -0.1) is 0 Å². The van der Waals surface area contributed by atoms with Gasteiger partial charge in [-0.1, -0.05) is 60.7 Å². The van der Waals surface area contributed by atoms with Gasteiger partial charge in [-0.2, -0.15) is 5.10 Å². The summed E-state index contributed by atoms with van der Waals surface area (Å²) < 4.78 is 12.8. The monoisotopic (exact) mass is 398 g/mol. The molecule has 3 aliphatic heterocycles. The lowest BCUT2D eigenvalue weighted by Crippen LogP contribution is -2.60. The third kappa shape index (κ3) is 2.67. The van der Waals surface area contributed by atoms with Crippen molar-refractivity contribution in [2.75, 3.05) is 6.61 Å². The van der Waals surface area contributed by atoms with Crippen LogP contribution in [0.25, 0.3) is 10.8 Å². The minimum Gasteiger partial charge on any atom is -0.466 e. The maximum Gasteiger partial charge on any atom is 0.203 e. The normalized spacial score (nSPS) is 26.8. The van der Waals surface area contributed by atoms with E-state index in [-0.39, 0.29) is 11.6 Å². The summed E-state index contributed by atoms with van der Waals surface area (Å²) in [6, 6.07) is 23.7. The molecule has 152 valence electrons. The largest absolute Gasteiger partial charge is 0.466 e. The molecule has 0 aromatic heterocycles. The summed E-state index contributed by atoms with van der Waals surface area (Å²) in [6.07, 6.45) is 2.49. The van der Waals surface area contributed by atoms with Crippen molar-refractivity contribution < 1.29 is 9.47 Å². The lowest BCUT2D eigenvalue weighted by atomic mass is 9.86. The van der Waals surface area contributed by atoms with Crippen LogP contribution in [0.1, 0.15) is 50.3 Å². The van der Waals surface area contributed by atoms with Crippen molar-refractivity contribution in [2.45, 2.75) is 50.5 Å². The van der Waals surface area contributed by atoms with Gasteiger partial charge in [0.2, 0.25) is 5.72 Å². The number of fused-ring (bicyclic) bond motifs is 5. The van der Waals surface area contributed by atoms with Gasteiger partial charge in [0.1, 0.15) is 5.75 Å². The van der Waals surface area contributed by atoms with Crippen LogP contribution in [0.2, 0.25) is 0 Å². The zero-order valence-corrected chi connectivity index (χ0v) is 17.5. The van der Waals surface area contributed by atoms with E-state index in [4.69, 9.17) is 14.6 Å². The summed E-state index contributed by atoms with van der Waals surface area (Å²) in [5.74, 6) is 0.991. The van der Waals surface area contributed by atoms with Crippen LogP contribution >= 0.6 is 0 Å². The van der Waals surface area contributed by atoms with E-state index in [2.05, 4.69) is 85.6 Å². The van der Waals surface area contributed by atoms with Gasteiger partial charge < -0.3 is 9.47 Å². The molecule has 0 saturated carbocycles. The van der Waals surface area contributed by atoms with Gasteiger partial charge in [0, 0.05) is 30.4 Å². The van der Waals surface area contributed by atoms with Crippen molar-refractivity contribution in [3.05, 3.63) is 77.9 Å². The Morgan fingerprint density at radius 2 is 1.77 bits per heavy atom. The standard InChI is InChI=1S/C26H26N2O2/c1-25(2)17-26(14-15-29-25)28-23(21-11-5-6-13-24(21)30-26)16-22(27-28)20-12-7-9-18-8-3-4-10-19(18)20/h3-13,23H,14-17H2,1-2H3/t23-,26-/m0/s1. The second-order valence-corrected chi connectivity index (χ2v) is 9.26. The molecule has 6 rings (SSSR count). The minimum absolute atomic E-state index is 0.192. The zero-order chi connectivity index (χ0) is 20.3. The molecule has 1 spiro atoms. The second kappa shape index (κ2) is 6.32. The maximum absolute atomic E-state index is 6.72. The van der Waals surface area contributed by atoms with E-state index in [9.17, 15) is 0 Å². The molecule has 3 heterocycles. The van der Waals surface area contributed by atoms with Crippen LogP contribution in [-0.2, 0) is 4.74 Å². The molecule has 2 atom stereocenters. The highest BCUT2D eigenvalue weighted by molar-refractivity contribution is 6.11. The fourth-order valence-electron chi connectivity index (χ4n) is 5.44. The molecule has 0 aliphatic carbocycles. The Bertz CT molecular complexity index is 1160. The van der Waals surface area contributed by atoms with Crippen LogP contribution in [0.3, 0.4) is 0 Å². The SMILES string of the molecule is CC1(C)C[C@]2(CCO1)Oc1ccccc1[C@@H]1CC(c3cccc4ccccc34)=NN12. The van der Waals surface area contributed by atoms with Crippen molar-refractivity contribution in [3.63, 3.8) is 0 Å². The Kier molecular flexibility index (Phi) is 3.79. The number of ether oxygens (including phenoxy) is 2. The Labute approximate surface area is 177 Å². The number of nitrogens with zero attached hydrogens (tertiary/aromatic N) is 2. The number of hydrogen-bond acceptors (Lipinski definition) is 4. The molecular weight excluding hydrogens is 372 g/mol. The molecule has 0 unspecified atom stereocenters.